The Morgan fingerprint density at radius 3 is 2.84 bits per heavy atom. The van der Waals surface area contributed by atoms with Gasteiger partial charge in [0, 0.05) is 30.4 Å². The van der Waals surface area contributed by atoms with Gasteiger partial charge in [0.2, 0.25) is 0 Å². The Kier molecular flexibility index (Phi) is 4.35. The van der Waals surface area contributed by atoms with Crippen molar-refractivity contribution in [3.05, 3.63) is 58.5 Å². The zero-order valence-corrected chi connectivity index (χ0v) is 11.2. The Hall–Kier alpha value is -1.65. The van der Waals surface area contributed by atoms with Gasteiger partial charge in [-0.2, -0.15) is 0 Å². The van der Waals surface area contributed by atoms with Gasteiger partial charge in [-0.05, 0) is 23.8 Å². The number of hydrogen-bond donors (Lipinski definition) is 1. The molecule has 0 aliphatic heterocycles. The number of rotatable bonds is 4. The summed E-state index contributed by atoms with van der Waals surface area (Å²) in [7, 11) is 1.74. The van der Waals surface area contributed by atoms with E-state index in [4.69, 9.17) is 16.7 Å². The monoisotopic (exact) mass is 280 g/mol. The average Bonchev–Trinajstić information content (AvgIpc) is 2.39. The lowest BCUT2D eigenvalue weighted by atomic mass is 10.2. The quantitative estimate of drug-likeness (QED) is 0.935. The molecule has 1 heterocycles. The van der Waals surface area contributed by atoms with Crippen LogP contribution in [0.3, 0.4) is 0 Å². The Morgan fingerprint density at radius 1 is 1.37 bits per heavy atom. The third-order valence-electron chi connectivity index (χ3n) is 2.79. The molecule has 2 rings (SSSR count). The number of pyridine rings is 1. The lowest BCUT2D eigenvalue weighted by Crippen LogP contribution is -2.19. The van der Waals surface area contributed by atoms with Crippen molar-refractivity contribution in [2.75, 3.05) is 11.9 Å². The molecule has 1 N–H and O–H groups in total. The highest BCUT2D eigenvalue weighted by molar-refractivity contribution is 6.30. The fourth-order valence-corrected chi connectivity index (χ4v) is 2.06. The van der Waals surface area contributed by atoms with E-state index in [0.717, 1.165) is 5.56 Å². The molecular weight excluding hydrogens is 267 g/mol. The summed E-state index contributed by atoms with van der Waals surface area (Å²) in [5.41, 5.74) is 1.20. The first-order valence-corrected chi connectivity index (χ1v) is 6.19. The topological polar surface area (TPSA) is 36.4 Å². The first-order valence-electron chi connectivity index (χ1n) is 5.81. The average molecular weight is 281 g/mol. The minimum Gasteiger partial charge on any atom is -0.392 e. The van der Waals surface area contributed by atoms with Gasteiger partial charge < -0.3 is 10.0 Å². The number of aliphatic hydroxyl groups excluding tert-OH is 1. The van der Waals surface area contributed by atoms with Crippen molar-refractivity contribution >= 4 is 17.4 Å². The Labute approximate surface area is 116 Å². The molecule has 0 unspecified atom stereocenters. The highest BCUT2D eigenvalue weighted by Gasteiger charge is 2.13. The molecule has 0 saturated heterocycles. The van der Waals surface area contributed by atoms with Crippen LogP contribution in [0.25, 0.3) is 0 Å². The SMILES string of the molecule is CN(Cc1cccc(Cl)c1)c1nccc(CO)c1F. The summed E-state index contributed by atoms with van der Waals surface area (Å²) in [5, 5.41) is 9.69. The van der Waals surface area contributed by atoms with Crippen LogP contribution in [-0.4, -0.2) is 17.1 Å². The summed E-state index contributed by atoms with van der Waals surface area (Å²) < 4.78 is 14.0. The van der Waals surface area contributed by atoms with Gasteiger partial charge in [0.15, 0.2) is 11.6 Å². The minimum absolute atomic E-state index is 0.214. The largest absolute Gasteiger partial charge is 0.392 e. The molecule has 1 aromatic carbocycles. The molecule has 3 nitrogen and oxygen atoms in total. The van der Waals surface area contributed by atoms with Gasteiger partial charge >= 0.3 is 0 Å². The normalized spacial score (nSPS) is 10.5. The van der Waals surface area contributed by atoms with Gasteiger partial charge in [0.1, 0.15) is 0 Å². The van der Waals surface area contributed by atoms with E-state index in [9.17, 15) is 4.39 Å². The van der Waals surface area contributed by atoms with Crippen LogP contribution in [-0.2, 0) is 13.2 Å². The Balaban J connectivity index is 2.23. The van der Waals surface area contributed by atoms with E-state index in [1.165, 1.54) is 12.3 Å². The second-order valence-electron chi connectivity index (χ2n) is 4.25. The van der Waals surface area contributed by atoms with Crippen LogP contribution in [0, 0.1) is 5.82 Å². The molecule has 19 heavy (non-hydrogen) atoms. The molecule has 0 aliphatic carbocycles. The number of hydrogen-bond acceptors (Lipinski definition) is 3. The predicted octanol–water partition coefficient (Wildman–Crippen LogP) is 3.00. The first-order chi connectivity index (χ1) is 9.11. The lowest BCUT2D eigenvalue weighted by molar-refractivity contribution is 0.275. The van der Waals surface area contributed by atoms with E-state index in [2.05, 4.69) is 4.98 Å². The second kappa shape index (κ2) is 5.99. The van der Waals surface area contributed by atoms with Crippen molar-refractivity contribution in [1.29, 1.82) is 0 Å². The van der Waals surface area contributed by atoms with Gasteiger partial charge in [-0.25, -0.2) is 9.37 Å². The maximum absolute atomic E-state index is 14.0. The summed E-state index contributed by atoms with van der Waals surface area (Å²) in [5.74, 6) is -0.277. The molecular formula is C14H14ClFN2O. The van der Waals surface area contributed by atoms with E-state index in [1.54, 1.807) is 18.0 Å². The Morgan fingerprint density at radius 2 is 2.16 bits per heavy atom. The molecule has 0 spiro atoms. The standard InChI is InChI=1S/C14H14ClFN2O/c1-18(8-10-3-2-4-12(15)7-10)14-13(16)11(9-19)5-6-17-14/h2-7,19H,8-9H2,1H3. The van der Waals surface area contributed by atoms with Crippen molar-refractivity contribution in [3.63, 3.8) is 0 Å². The molecule has 2 aromatic rings. The third kappa shape index (κ3) is 3.22. The molecule has 0 fully saturated rings. The van der Waals surface area contributed by atoms with Crippen LogP contribution in [0.15, 0.2) is 36.5 Å². The summed E-state index contributed by atoms with van der Waals surface area (Å²) in [6.07, 6.45) is 1.48. The van der Waals surface area contributed by atoms with E-state index >= 15 is 0 Å². The number of benzene rings is 1. The number of halogens is 2. The van der Waals surface area contributed by atoms with Crippen molar-refractivity contribution in [3.8, 4) is 0 Å². The van der Waals surface area contributed by atoms with Crippen molar-refractivity contribution in [2.45, 2.75) is 13.2 Å². The summed E-state index contributed by atoms with van der Waals surface area (Å²) in [6, 6.07) is 8.84. The molecule has 0 amide bonds. The van der Waals surface area contributed by atoms with E-state index in [1.807, 2.05) is 18.2 Å². The zero-order valence-electron chi connectivity index (χ0n) is 10.5. The first kappa shape index (κ1) is 13.8. The molecule has 1 aromatic heterocycles. The Bertz CT molecular complexity index is 577. The minimum atomic E-state index is -0.491. The fraction of sp³-hybridized carbons (Fsp3) is 0.214. The number of aliphatic hydroxyl groups is 1. The van der Waals surface area contributed by atoms with Crippen molar-refractivity contribution in [1.82, 2.24) is 4.98 Å². The second-order valence-corrected chi connectivity index (χ2v) is 4.69. The number of nitrogens with zero attached hydrogens (tertiary/aromatic N) is 2. The fourth-order valence-electron chi connectivity index (χ4n) is 1.84. The van der Waals surface area contributed by atoms with E-state index < -0.39 is 5.82 Å². The zero-order chi connectivity index (χ0) is 13.8. The summed E-state index contributed by atoms with van der Waals surface area (Å²) >= 11 is 5.91. The smallest absolute Gasteiger partial charge is 0.171 e. The van der Waals surface area contributed by atoms with Gasteiger partial charge in [0.05, 0.1) is 6.61 Å². The van der Waals surface area contributed by atoms with Crippen molar-refractivity contribution < 1.29 is 9.50 Å². The predicted molar refractivity (Wildman–Crippen MR) is 73.7 cm³/mol. The van der Waals surface area contributed by atoms with Gasteiger partial charge in [0.25, 0.3) is 0 Å². The lowest BCUT2D eigenvalue weighted by Gasteiger charge is -2.19. The number of aromatic nitrogens is 1. The highest BCUT2D eigenvalue weighted by Crippen LogP contribution is 2.21. The van der Waals surface area contributed by atoms with E-state index in [0.29, 0.717) is 11.6 Å². The summed E-state index contributed by atoms with van der Waals surface area (Å²) in [4.78, 5) is 5.69. The van der Waals surface area contributed by atoms with Crippen LogP contribution in [0.5, 0.6) is 0 Å². The van der Waals surface area contributed by atoms with Crippen LogP contribution in [0.2, 0.25) is 5.02 Å². The maximum Gasteiger partial charge on any atom is 0.171 e. The molecule has 0 atom stereocenters. The molecule has 0 bridgehead atoms. The third-order valence-corrected chi connectivity index (χ3v) is 3.03. The van der Waals surface area contributed by atoms with Crippen LogP contribution >= 0.6 is 11.6 Å². The molecule has 0 saturated carbocycles. The van der Waals surface area contributed by atoms with Crippen LogP contribution in [0.1, 0.15) is 11.1 Å². The van der Waals surface area contributed by atoms with E-state index in [-0.39, 0.29) is 18.0 Å². The van der Waals surface area contributed by atoms with Gasteiger partial charge in [-0.3, -0.25) is 0 Å². The maximum atomic E-state index is 14.0. The molecule has 5 heteroatoms. The van der Waals surface area contributed by atoms with Crippen molar-refractivity contribution in [2.24, 2.45) is 0 Å². The van der Waals surface area contributed by atoms with Crippen LogP contribution < -0.4 is 4.90 Å². The number of anilines is 1. The molecule has 0 radical (unpaired) electrons. The van der Waals surface area contributed by atoms with Gasteiger partial charge in [-0.15, -0.1) is 0 Å². The molecule has 100 valence electrons. The molecule has 0 aliphatic rings. The summed E-state index contributed by atoms with van der Waals surface area (Å²) in [6.45, 7) is 0.145. The van der Waals surface area contributed by atoms with Gasteiger partial charge in [-0.1, -0.05) is 23.7 Å². The van der Waals surface area contributed by atoms with Crippen LogP contribution in [0.4, 0.5) is 10.2 Å². The highest BCUT2D eigenvalue weighted by atomic mass is 35.5.